The molecule has 0 aromatic rings. The zero-order chi connectivity index (χ0) is 10.7. The Kier molecular flexibility index (Phi) is 3.93. The van der Waals surface area contributed by atoms with Gasteiger partial charge in [0.15, 0.2) is 0 Å². The van der Waals surface area contributed by atoms with Gasteiger partial charge in [0.25, 0.3) is 0 Å². The van der Waals surface area contributed by atoms with Crippen molar-refractivity contribution in [3.63, 3.8) is 0 Å². The third-order valence-electron chi connectivity index (χ3n) is 3.23. The first-order chi connectivity index (χ1) is 6.56. The van der Waals surface area contributed by atoms with Crippen LogP contribution in [-0.2, 0) is 9.53 Å². The molecule has 0 radical (unpaired) electrons. The summed E-state index contributed by atoms with van der Waals surface area (Å²) in [5.74, 6) is 1.07. The number of methoxy groups -OCH3 is 1. The van der Waals surface area contributed by atoms with Crippen LogP contribution in [0.3, 0.4) is 0 Å². The highest BCUT2D eigenvalue weighted by Gasteiger charge is 2.35. The van der Waals surface area contributed by atoms with Crippen LogP contribution >= 0.6 is 0 Å². The zero-order valence-corrected chi connectivity index (χ0v) is 9.62. The van der Waals surface area contributed by atoms with E-state index in [2.05, 4.69) is 25.8 Å². The normalized spacial score (nSPS) is 29.2. The Morgan fingerprint density at radius 3 is 2.64 bits per heavy atom. The highest BCUT2D eigenvalue weighted by atomic mass is 16.5. The molecule has 1 aliphatic rings. The van der Waals surface area contributed by atoms with Crippen LogP contribution < -0.4 is 0 Å². The molecule has 2 unspecified atom stereocenters. The van der Waals surface area contributed by atoms with Crippen LogP contribution in [0.2, 0.25) is 0 Å². The van der Waals surface area contributed by atoms with Gasteiger partial charge in [0.1, 0.15) is 0 Å². The maximum Gasteiger partial charge on any atom is 0.310 e. The number of hydrogen-bond acceptors (Lipinski definition) is 3. The molecule has 0 aromatic heterocycles. The molecule has 3 heteroatoms. The van der Waals surface area contributed by atoms with Crippen molar-refractivity contribution in [2.45, 2.75) is 20.3 Å². The maximum atomic E-state index is 11.6. The van der Waals surface area contributed by atoms with Crippen LogP contribution in [0.25, 0.3) is 0 Å². The predicted octanol–water partition coefficient (Wildman–Crippen LogP) is 1.38. The fourth-order valence-corrected chi connectivity index (χ4v) is 2.33. The highest BCUT2D eigenvalue weighted by Crippen LogP contribution is 2.30. The lowest BCUT2D eigenvalue weighted by atomic mass is 9.78. The Balaban J connectivity index is 2.68. The van der Waals surface area contributed by atoms with Crippen molar-refractivity contribution in [2.24, 2.45) is 17.8 Å². The summed E-state index contributed by atoms with van der Waals surface area (Å²) in [7, 11) is 3.54. The quantitative estimate of drug-likeness (QED) is 0.629. The molecule has 0 saturated carbocycles. The molecule has 82 valence electrons. The molecule has 1 rings (SSSR count). The van der Waals surface area contributed by atoms with E-state index in [1.54, 1.807) is 0 Å². The third kappa shape index (κ3) is 2.47. The van der Waals surface area contributed by atoms with Gasteiger partial charge in [0.2, 0.25) is 0 Å². The highest BCUT2D eigenvalue weighted by molar-refractivity contribution is 5.73. The summed E-state index contributed by atoms with van der Waals surface area (Å²) in [6, 6.07) is 0. The summed E-state index contributed by atoms with van der Waals surface area (Å²) in [5, 5.41) is 0. The van der Waals surface area contributed by atoms with Crippen molar-refractivity contribution >= 4 is 5.97 Å². The molecule has 1 heterocycles. The van der Waals surface area contributed by atoms with E-state index in [4.69, 9.17) is 4.74 Å². The summed E-state index contributed by atoms with van der Waals surface area (Å²) in [4.78, 5) is 13.8. The number of carbonyl (C=O) groups is 1. The minimum atomic E-state index is -0.0461. The molecule has 3 nitrogen and oxygen atoms in total. The van der Waals surface area contributed by atoms with Gasteiger partial charge in [-0.1, -0.05) is 13.8 Å². The van der Waals surface area contributed by atoms with Crippen LogP contribution in [0.5, 0.6) is 0 Å². The molecular formula is C11H21NO2. The molecule has 0 spiro atoms. The average Bonchev–Trinajstić information content (AvgIpc) is 2.16. The summed E-state index contributed by atoms with van der Waals surface area (Å²) >= 11 is 0. The van der Waals surface area contributed by atoms with E-state index in [1.807, 2.05) is 0 Å². The maximum absolute atomic E-state index is 11.6. The minimum Gasteiger partial charge on any atom is -0.469 e. The van der Waals surface area contributed by atoms with Crippen molar-refractivity contribution in [1.82, 2.24) is 4.90 Å². The number of rotatable bonds is 2. The SMILES string of the molecule is COC(=O)C1CN(C)CCC1C(C)C. The van der Waals surface area contributed by atoms with Gasteiger partial charge in [0.05, 0.1) is 13.0 Å². The van der Waals surface area contributed by atoms with E-state index < -0.39 is 0 Å². The monoisotopic (exact) mass is 199 g/mol. The molecule has 0 aromatic carbocycles. The molecule has 0 N–H and O–H groups in total. The van der Waals surface area contributed by atoms with Crippen molar-refractivity contribution in [2.75, 3.05) is 27.2 Å². The molecular weight excluding hydrogens is 178 g/mol. The topological polar surface area (TPSA) is 29.5 Å². The molecule has 2 atom stereocenters. The van der Waals surface area contributed by atoms with Gasteiger partial charge < -0.3 is 9.64 Å². The van der Waals surface area contributed by atoms with E-state index in [-0.39, 0.29) is 11.9 Å². The molecule has 0 amide bonds. The Morgan fingerprint density at radius 2 is 2.14 bits per heavy atom. The van der Waals surface area contributed by atoms with Crippen molar-refractivity contribution in [3.8, 4) is 0 Å². The number of piperidine rings is 1. The molecule has 1 aliphatic heterocycles. The zero-order valence-electron chi connectivity index (χ0n) is 9.62. The van der Waals surface area contributed by atoms with Gasteiger partial charge in [-0.05, 0) is 31.8 Å². The average molecular weight is 199 g/mol. The van der Waals surface area contributed by atoms with Crippen molar-refractivity contribution < 1.29 is 9.53 Å². The van der Waals surface area contributed by atoms with Crippen LogP contribution in [0, 0.1) is 17.8 Å². The van der Waals surface area contributed by atoms with Gasteiger partial charge in [-0.25, -0.2) is 0 Å². The van der Waals surface area contributed by atoms with Crippen LogP contribution in [0.15, 0.2) is 0 Å². The van der Waals surface area contributed by atoms with Gasteiger partial charge in [-0.15, -0.1) is 0 Å². The first-order valence-corrected chi connectivity index (χ1v) is 5.32. The van der Waals surface area contributed by atoms with E-state index in [1.165, 1.54) is 7.11 Å². The van der Waals surface area contributed by atoms with E-state index in [0.29, 0.717) is 11.8 Å². The fourth-order valence-electron chi connectivity index (χ4n) is 2.33. The van der Waals surface area contributed by atoms with Crippen LogP contribution in [0.1, 0.15) is 20.3 Å². The second-order valence-corrected chi connectivity index (χ2v) is 4.59. The van der Waals surface area contributed by atoms with E-state index in [9.17, 15) is 4.79 Å². The number of hydrogen-bond donors (Lipinski definition) is 0. The Hall–Kier alpha value is -0.570. The van der Waals surface area contributed by atoms with Crippen LogP contribution in [0.4, 0.5) is 0 Å². The standard InChI is InChI=1S/C11H21NO2/c1-8(2)9-5-6-12(3)7-10(9)11(13)14-4/h8-10H,5-7H2,1-4H3. The smallest absolute Gasteiger partial charge is 0.310 e. The molecule has 1 saturated heterocycles. The fraction of sp³-hybridized carbons (Fsp3) is 0.909. The second-order valence-electron chi connectivity index (χ2n) is 4.59. The summed E-state index contributed by atoms with van der Waals surface area (Å²) in [6.45, 7) is 6.31. The Bertz CT molecular complexity index is 203. The molecule has 14 heavy (non-hydrogen) atoms. The second kappa shape index (κ2) is 4.78. The predicted molar refractivity (Wildman–Crippen MR) is 55.9 cm³/mol. The largest absolute Gasteiger partial charge is 0.469 e. The van der Waals surface area contributed by atoms with Gasteiger partial charge >= 0.3 is 5.97 Å². The lowest BCUT2D eigenvalue weighted by molar-refractivity contribution is -0.150. The summed E-state index contributed by atoms with van der Waals surface area (Å²) in [6.07, 6.45) is 1.11. The van der Waals surface area contributed by atoms with Crippen molar-refractivity contribution in [3.05, 3.63) is 0 Å². The number of esters is 1. The first kappa shape index (κ1) is 11.5. The molecule has 1 fully saturated rings. The molecule has 0 aliphatic carbocycles. The number of carbonyl (C=O) groups excluding carboxylic acids is 1. The first-order valence-electron chi connectivity index (χ1n) is 5.32. The van der Waals surface area contributed by atoms with Gasteiger partial charge in [0, 0.05) is 6.54 Å². The van der Waals surface area contributed by atoms with E-state index >= 15 is 0 Å². The minimum absolute atomic E-state index is 0.0461. The third-order valence-corrected chi connectivity index (χ3v) is 3.23. The van der Waals surface area contributed by atoms with E-state index in [0.717, 1.165) is 19.5 Å². The lowest BCUT2D eigenvalue weighted by Crippen LogP contribution is -2.44. The Labute approximate surface area is 86.4 Å². The summed E-state index contributed by atoms with van der Waals surface area (Å²) < 4.78 is 4.85. The Morgan fingerprint density at radius 1 is 1.50 bits per heavy atom. The van der Waals surface area contributed by atoms with Crippen molar-refractivity contribution in [1.29, 1.82) is 0 Å². The molecule has 0 bridgehead atoms. The van der Waals surface area contributed by atoms with Crippen LogP contribution in [-0.4, -0.2) is 38.1 Å². The lowest BCUT2D eigenvalue weighted by Gasteiger charge is -2.37. The summed E-state index contributed by atoms with van der Waals surface area (Å²) in [5.41, 5.74) is 0. The van der Waals surface area contributed by atoms with Gasteiger partial charge in [-0.3, -0.25) is 4.79 Å². The number of nitrogens with zero attached hydrogens (tertiary/aromatic N) is 1. The van der Waals surface area contributed by atoms with Gasteiger partial charge in [-0.2, -0.15) is 0 Å². The number of likely N-dealkylation sites (tertiary alicyclic amines) is 1. The number of ether oxygens (including phenoxy) is 1.